The minimum Gasteiger partial charge on any atom is -0.493 e. The summed E-state index contributed by atoms with van der Waals surface area (Å²) in [7, 11) is 7.84. The Kier molecular flexibility index (Phi) is 6.96. The molecule has 2 aromatic carbocycles. The van der Waals surface area contributed by atoms with Crippen LogP contribution in [0.15, 0.2) is 30.3 Å². The van der Waals surface area contributed by atoms with E-state index in [-0.39, 0.29) is 0 Å². The average molecular weight is 374 g/mol. The molecule has 0 aromatic heterocycles. The maximum atomic E-state index is 10.4. The van der Waals surface area contributed by atoms with E-state index in [0.29, 0.717) is 34.3 Å². The van der Waals surface area contributed by atoms with Gasteiger partial charge in [0.2, 0.25) is 5.75 Å². The van der Waals surface area contributed by atoms with Crippen molar-refractivity contribution in [3.8, 4) is 28.7 Å². The van der Waals surface area contributed by atoms with Crippen molar-refractivity contribution in [1.82, 2.24) is 0 Å². The number of aliphatic hydroxyl groups excluding tert-OH is 1. The van der Waals surface area contributed by atoms with Crippen LogP contribution in [0.3, 0.4) is 0 Å². The summed E-state index contributed by atoms with van der Waals surface area (Å²) in [5, 5.41) is 10.4. The monoisotopic (exact) mass is 374 g/mol. The molecule has 0 heterocycles. The first-order valence-electron chi connectivity index (χ1n) is 8.41. The van der Waals surface area contributed by atoms with E-state index in [1.54, 1.807) is 54.6 Å². The fourth-order valence-electron chi connectivity index (χ4n) is 2.82. The Labute approximate surface area is 159 Å². The fraction of sp³-hybridized carbons (Fsp3) is 0.333. The van der Waals surface area contributed by atoms with Crippen molar-refractivity contribution in [2.75, 3.05) is 35.5 Å². The zero-order chi connectivity index (χ0) is 20.0. The van der Waals surface area contributed by atoms with Crippen molar-refractivity contribution in [3.05, 3.63) is 41.5 Å². The molecule has 2 rings (SSSR count). The fourth-order valence-corrected chi connectivity index (χ4v) is 2.82. The van der Waals surface area contributed by atoms with Gasteiger partial charge in [-0.15, -0.1) is 0 Å². The van der Waals surface area contributed by atoms with E-state index in [9.17, 15) is 5.11 Å². The zero-order valence-corrected chi connectivity index (χ0v) is 16.5. The molecule has 146 valence electrons. The van der Waals surface area contributed by atoms with Gasteiger partial charge in [0.1, 0.15) is 0 Å². The topological polar surface area (TPSA) is 66.4 Å². The van der Waals surface area contributed by atoms with Crippen LogP contribution < -0.4 is 23.7 Å². The number of methoxy groups -OCH3 is 5. The Morgan fingerprint density at radius 3 is 1.78 bits per heavy atom. The summed E-state index contributed by atoms with van der Waals surface area (Å²) in [5.74, 6) is 2.79. The zero-order valence-electron chi connectivity index (χ0n) is 16.5. The smallest absolute Gasteiger partial charge is 0.203 e. The van der Waals surface area contributed by atoms with Gasteiger partial charge in [-0.2, -0.15) is 0 Å². The molecular weight excluding hydrogens is 348 g/mol. The van der Waals surface area contributed by atoms with Crippen LogP contribution in [0.1, 0.15) is 18.1 Å². The second-order valence-corrected chi connectivity index (χ2v) is 5.80. The maximum absolute atomic E-state index is 10.4. The Hall–Kier alpha value is -2.86. The van der Waals surface area contributed by atoms with E-state index in [1.807, 2.05) is 24.3 Å². The first-order valence-corrected chi connectivity index (χ1v) is 8.41. The molecule has 6 nitrogen and oxygen atoms in total. The van der Waals surface area contributed by atoms with Gasteiger partial charge in [0.25, 0.3) is 0 Å². The Morgan fingerprint density at radius 1 is 0.778 bits per heavy atom. The number of ether oxygens (including phenoxy) is 5. The lowest BCUT2D eigenvalue weighted by molar-refractivity contribution is 0.254. The van der Waals surface area contributed by atoms with Crippen LogP contribution in [0.5, 0.6) is 28.7 Å². The van der Waals surface area contributed by atoms with Crippen LogP contribution in [-0.2, 0) is 0 Å². The highest BCUT2D eigenvalue weighted by Crippen LogP contribution is 2.41. The molecule has 0 aliphatic heterocycles. The van der Waals surface area contributed by atoms with Crippen molar-refractivity contribution >= 4 is 11.6 Å². The number of aliphatic hydroxyl groups is 1. The van der Waals surface area contributed by atoms with E-state index in [0.717, 1.165) is 11.1 Å². The van der Waals surface area contributed by atoms with Gasteiger partial charge >= 0.3 is 0 Å². The molecule has 1 atom stereocenters. The molecule has 0 amide bonds. The minimum atomic E-state index is -0.721. The van der Waals surface area contributed by atoms with Crippen LogP contribution >= 0.6 is 0 Å². The standard InChI is InChI=1S/C21H26O6/c1-13(22)16(9-14-7-8-17(23-2)18(10-14)24-3)15-11-19(25-4)21(27-6)20(12-15)26-5/h7-13,22H,1-6H3/b16-9+. The summed E-state index contributed by atoms with van der Waals surface area (Å²) in [6, 6.07) is 9.17. The van der Waals surface area contributed by atoms with Gasteiger partial charge in [-0.3, -0.25) is 0 Å². The predicted octanol–water partition coefficient (Wildman–Crippen LogP) is 3.65. The minimum absolute atomic E-state index is 0.500. The molecular formula is C21H26O6. The van der Waals surface area contributed by atoms with Crippen LogP contribution in [0.2, 0.25) is 0 Å². The van der Waals surface area contributed by atoms with Crippen LogP contribution in [0, 0.1) is 0 Å². The number of hydrogen-bond acceptors (Lipinski definition) is 6. The van der Waals surface area contributed by atoms with Crippen LogP contribution in [-0.4, -0.2) is 46.8 Å². The lowest BCUT2D eigenvalue weighted by Gasteiger charge is -2.17. The van der Waals surface area contributed by atoms with Gasteiger partial charge in [0, 0.05) is 0 Å². The van der Waals surface area contributed by atoms with Crippen molar-refractivity contribution in [3.63, 3.8) is 0 Å². The van der Waals surface area contributed by atoms with Gasteiger partial charge < -0.3 is 28.8 Å². The summed E-state index contributed by atoms with van der Waals surface area (Å²) < 4.78 is 26.8. The first kappa shape index (κ1) is 20.5. The summed E-state index contributed by atoms with van der Waals surface area (Å²) in [4.78, 5) is 0. The van der Waals surface area contributed by atoms with Gasteiger partial charge in [0.15, 0.2) is 23.0 Å². The molecule has 2 aromatic rings. The van der Waals surface area contributed by atoms with Gasteiger partial charge in [-0.25, -0.2) is 0 Å². The highest BCUT2D eigenvalue weighted by molar-refractivity contribution is 5.85. The highest BCUT2D eigenvalue weighted by atomic mass is 16.5. The Bertz CT molecular complexity index is 785. The molecule has 27 heavy (non-hydrogen) atoms. The number of hydrogen-bond donors (Lipinski definition) is 1. The SMILES string of the molecule is COc1ccc(/C=C(/c2cc(OC)c(OC)c(OC)c2)C(C)O)cc1OC. The molecule has 0 spiro atoms. The molecule has 0 saturated carbocycles. The second-order valence-electron chi connectivity index (χ2n) is 5.80. The maximum Gasteiger partial charge on any atom is 0.203 e. The van der Waals surface area contributed by atoms with E-state index in [1.165, 1.54) is 0 Å². The summed E-state index contributed by atoms with van der Waals surface area (Å²) in [6.45, 7) is 1.70. The third-order valence-electron chi connectivity index (χ3n) is 4.18. The van der Waals surface area contributed by atoms with E-state index >= 15 is 0 Å². The third kappa shape index (κ3) is 4.46. The van der Waals surface area contributed by atoms with E-state index < -0.39 is 6.10 Å². The molecule has 1 unspecified atom stereocenters. The first-order chi connectivity index (χ1) is 13.0. The third-order valence-corrected chi connectivity index (χ3v) is 4.18. The Balaban J connectivity index is 2.60. The molecule has 6 heteroatoms. The lowest BCUT2D eigenvalue weighted by atomic mass is 9.97. The second kappa shape index (κ2) is 9.19. The summed E-state index contributed by atoms with van der Waals surface area (Å²) in [5.41, 5.74) is 2.31. The van der Waals surface area contributed by atoms with Gasteiger partial charge in [-0.1, -0.05) is 6.07 Å². The van der Waals surface area contributed by atoms with Crippen molar-refractivity contribution in [1.29, 1.82) is 0 Å². The van der Waals surface area contributed by atoms with Crippen molar-refractivity contribution in [2.24, 2.45) is 0 Å². The molecule has 0 saturated heterocycles. The van der Waals surface area contributed by atoms with Crippen LogP contribution in [0.25, 0.3) is 11.6 Å². The van der Waals surface area contributed by atoms with Gasteiger partial charge in [-0.05, 0) is 54.0 Å². The molecule has 0 aliphatic rings. The van der Waals surface area contributed by atoms with Gasteiger partial charge in [0.05, 0.1) is 41.7 Å². The summed E-state index contributed by atoms with van der Waals surface area (Å²) in [6.07, 6.45) is 1.16. The molecule has 0 fully saturated rings. The predicted molar refractivity (Wildman–Crippen MR) is 105 cm³/mol. The number of benzene rings is 2. The average Bonchev–Trinajstić information content (AvgIpc) is 2.70. The van der Waals surface area contributed by atoms with Crippen molar-refractivity contribution in [2.45, 2.75) is 13.0 Å². The molecule has 0 aliphatic carbocycles. The number of rotatable bonds is 8. The molecule has 1 N–H and O–H groups in total. The van der Waals surface area contributed by atoms with Crippen molar-refractivity contribution < 1.29 is 28.8 Å². The largest absolute Gasteiger partial charge is 0.493 e. The normalized spacial score (nSPS) is 12.3. The highest BCUT2D eigenvalue weighted by Gasteiger charge is 2.17. The molecule has 0 radical (unpaired) electrons. The van der Waals surface area contributed by atoms with Crippen LogP contribution in [0.4, 0.5) is 0 Å². The summed E-state index contributed by atoms with van der Waals surface area (Å²) >= 11 is 0. The quantitative estimate of drug-likeness (QED) is 0.712. The lowest BCUT2D eigenvalue weighted by Crippen LogP contribution is -2.05. The molecule has 0 bridgehead atoms. The van der Waals surface area contributed by atoms with E-state index in [4.69, 9.17) is 23.7 Å². The van der Waals surface area contributed by atoms with E-state index in [2.05, 4.69) is 0 Å². The Morgan fingerprint density at radius 2 is 1.33 bits per heavy atom.